The van der Waals surface area contributed by atoms with E-state index in [2.05, 4.69) is 10.5 Å². The van der Waals surface area contributed by atoms with Gasteiger partial charge in [-0.2, -0.15) is 0 Å². The number of methoxy groups -OCH3 is 2. The van der Waals surface area contributed by atoms with Crippen molar-refractivity contribution in [2.75, 3.05) is 27.4 Å². The summed E-state index contributed by atoms with van der Waals surface area (Å²) in [7, 11) is 3.30. The second kappa shape index (κ2) is 8.34. The maximum Gasteiger partial charge on any atom is 0.170 e. The van der Waals surface area contributed by atoms with Crippen molar-refractivity contribution in [2.24, 2.45) is 10.9 Å². The zero-order valence-corrected chi connectivity index (χ0v) is 11.3. The minimum atomic E-state index is 0.0864. The molecule has 0 spiro atoms. The molecular formula is C13H21N3O3. The van der Waals surface area contributed by atoms with Crippen LogP contribution in [-0.2, 0) is 11.3 Å². The summed E-state index contributed by atoms with van der Waals surface area (Å²) in [6, 6.07) is 5.40. The summed E-state index contributed by atoms with van der Waals surface area (Å²) >= 11 is 0. The van der Waals surface area contributed by atoms with Crippen LogP contribution in [0.2, 0.25) is 0 Å². The fraction of sp³-hybridized carbons (Fsp3) is 0.462. The second-order valence-corrected chi connectivity index (χ2v) is 4.03. The Kier molecular flexibility index (Phi) is 6.70. The maximum atomic E-state index is 8.68. The zero-order valence-electron chi connectivity index (χ0n) is 11.3. The average Bonchev–Trinajstić information content (AvgIpc) is 2.46. The van der Waals surface area contributed by atoms with Gasteiger partial charge in [0.05, 0.1) is 7.11 Å². The molecule has 1 rings (SSSR count). The summed E-state index contributed by atoms with van der Waals surface area (Å²) in [4.78, 5) is 0. The molecule has 0 saturated heterocycles. The van der Waals surface area contributed by atoms with Crippen LogP contribution in [-0.4, -0.2) is 38.4 Å². The van der Waals surface area contributed by atoms with Crippen molar-refractivity contribution in [3.8, 4) is 5.75 Å². The molecule has 1 aromatic carbocycles. The van der Waals surface area contributed by atoms with Crippen molar-refractivity contribution in [2.45, 2.75) is 13.0 Å². The maximum absolute atomic E-state index is 8.68. The van der Waals surface area contributed by atoms with E-state index in [-0.39, 0.29) is 5.84 Å². The highest BCUT2D eigenvalue weighted by molar-refractivity contribution is 5.97. The van der Waals surface area contributed by atoms with Gasteiger partial charge in [0.2, 0.25) is 0 Å². The molecular weight excluding hydrogens is 246 g/mol. The Labute approximate surface area is 113 Å². The number of nitrogens with zero attached hydrogens (tertiary/aromatic N) is 1. The van der Waals surface area contributed by atoms with Crippen molar-refractivity contribution in [3.63, 3.8) is 0 Å². The normalized spacial score (nSPS) is 11.6. The zero-order chi connectivity index (χ0) is 14.1. The summed E-state index contributed by atoms with van der Waals surface area (Å²) in [5.41, 5.74) is 7.20. The number of hydrogen-bond acceptors (Lipinski definition) is 5. The first-order valence-corrected chi connectivity index (χ1v) is 6.07. The first-order valence-electron chi connectivity index (χ1n) is 6.07. The van der Waals surface area contributed by atoms with Crippen LogP contribution in [0.1, 0.15) is 17.5 Å². The molecule has 0 atom stereocenters. The van der Waals surface area contributed by atoms with E-state index in [1.54, 1.807) is 26.4 Å². The molecule has 1 aromatic rings. The number of benzene rings is 1. The van der Waals surface area contributed by atoms with Gasteiger partial charge in [0.1, 0.15) is 5.75 Å². The SMILES string of the molecule is COCCCNCc1cc(/C(N)=N/O)ccc1OC. The van der Waals surface area contributed by atoms with Crippen LogP contribution in [0.25, 0.3) is 0 Å². The molecule has 0 saturated carbocycles. The molecule has 0 radical (unpaired) electrons. The fourth-order valence-corrected chi connectivity index (χ4v) is 1.70. The molecule has 0 bridgehead atoms. The van der Waals surface area contributed by atoms with Crippen LogP contribution in [0.3, 0.4) is 0 Å². The van der Waals surface area contributed by atoms with E-state index in [0.717, 1.165) is 30.9 Å². The smallest absolute Gasteiger partial charge is 0.170 e. The lowest BCUT2D eigenvalue weighted by Gasteiger charge is -2.11. The van der Waals surface area contributed by atoms with Crippen LogP contribution in [0.4, 0.5) is 0 Å². The summed E-state index contributed by atoms with van der Waals surface area (Å²) in [6.45, 7) is 2.23. The monoisotopic (exact) mass is 267 g/mol. The number of rotatable bonds is 8. The molecule has 19 heavy (non-hydrogen) atoms. The van der Waals surface area contributed by atoms with E-state index >= 15 is 0 Å². The van der Waals surface area contributed by atoms with Gasteiger partial charge in [0, 0.05) is 31.4 Å². The minimum absolute atomic E-state index is 0.0864. The molecule has 6 heteroatoms. The molecule has 4 N–H and O–H groups in total. The third kappa shape index (κ3) is 4.76. The van der Waals surface area contributed by atoms with Gasteiger partial charge in [-0.15, -0.1) is 0 Å². The number of ether oxygens (including phenoxy) is 2. The Balaban J connectivity index is 2.68. The standard InChI is InChI=1S/C13H21N3O3/c1-18-7-3-6-15-9-11-8-10(13(14)16-17)4-5-12(11)19-2/h4-5,8,15,17H,3,6-7,9H2,1-2H3,(H2,14,16). The van der Waals surface area contributed by atoms with Crippen molar-refractivity contribution in [1.29, 1.82) is 0 Å². The molecule has 106 valence electrons. The summed E-state index contributed by atoms with van der Waals surface area (Å²) < 4.78 is 10.3. The van der Waals surface area contributed by atoms with E-state index in [1.807, 2.05) is 6.07 Å². The minimum Gasteiger partial charge on any atom is -0.496 e. The van der Waals surface area contributed by atoms with Crippen LogP contribution in [0.5, 0.6) is 5.75 Å². The number of nitrogens with one attached hydrogen (secondary N) is 1. The lowest BCUT2D eigenvalue weighted by atomic mass is 10.1. The molecule has 0 aliphatic heterocycles. The molecule has 0 aliphatic rings. The highest BCUT2D eigenvalue weighted by Gasteiger charge is 2.06. The predicted octanol–water partition coefficient (Wildman–Crippen LogP) is 0.916. The molecule has 0 aliphatic carbocycles. The molecule has 0 amide bonds. The van der Waals surface area contributed by atoms with Crippen molar-refractivity contribution in [3.05, 3.63) is 29.3 Å². The Morgan fingerprint density at radius 2 is 2.21 bits per heavy atom. The molecule has 0 unspecified atom stereocenters. The number of amidine groups is 1. The Morgan fingerprint density at radius 3 is 2.84 bits per heavy atom. The molecule has 0 fully saturated rings. The Hall–Kier alpha value is -1.79. The van der Waals surface area contributed by atoms with Crippen LogP contribution >= 0.6 is 0 Å². The summed E-state index contributed by atoms with van der Waals surface area (Å²) in [6.07, 6.45) is 0.943. The second-order valence-electron chi connectivity index (χ2n) is 4.03. The van der Waals surface area contributed by atoms with Gasteiger partial charge in [0.25, 0.3) is 0 Å². The van der Waals surface area contributed by atoms with E-state index < -0.39 is 0 Å². The third-order valence-electron chi connectivity index (χ3n) is 2.70. The number of oxime groups is 1. The van der Waals surface area contributed by atoms with Crippen molar-refractivity contribution in [1.82, 2.24) is 5.32 Å². The average molecular weight is 267 g/mol. The van der Waals surface area contributed by atoms with E-state index in [9.17, 15) is 0 Å². The molecule has 6 nitrogen and oxygen atoms in total. The largest absolute Gasteiger partial charge is 0.496 e. The summed E-state index contributed by atoms with van der Waals surface area (Å²) in [5.74, 6) is 0.858. The van der Waals surface area contributed by atoms with Crippen LogP contribution in [0, 0.1) is 0 Å². The lowest BCUT2D eigenvalue weighted by molar-refractivity contribution is 0.194. The van der Waals surface area contributed by atoms with E-state index in [4.69, 9.17) is 20.4 Å². The number of nitrogens with two attached hydrogens (primary N) is 1. The Morgan fingerprint density at radius 1 is 1.42 bits per heavy atom. The number of hydrogen-bond donors (Lipinski definition) is 3. The first-order chi connectivity index (χ1) is 9.22. The van der Waals surface area contributed by atoms with Gasteiger partial charge in [-0.25, -0.2) is 0 Å². The third-order valence-corrected chi connectivity index (χ3v) is 2.70. The summed E-state index contributed by atoms with van der Waals surface area (Å²) in [5, 5.41) is 15.0. The first kappa shape index (κ1) is 15.3. The van der Waals surface area contributed by atoms with Gasteiger partial charge in [0.15, 0.2) is 5.84 Å². The van der Waals surface area contributed by atoms with Crippen molar-refractivity contribution >= 4 is 5.84 Å². The highest BCUT2D eigenvalue weighted by atomic mass is 16.5. The molecule has 0 heterocycles. The van der Waals surface area contributed by atoms with Gasteiger partial charge >= 0.3 is 0 Å². The topological polar surface area (TPSA) is 89.1 Å². The van der Waals surface area contributed by atoms with Crippen molar-refractivity contribution < 1.29 is 14.7 Å². The Bertz CT molecular complexity index is 422. The highest BCUT2D eigenvalue weighted by Crippen LogP contribution is 2.19. The van der Waals surface area contributed by atoms with Gasteiger partial charge in [-0.1, -0.05) is 5.16 Å². The molecule has 0 aromatic heterocycles. The van der Waals surface area contributed by atoms with Crippen LogP contribution in [0.15, 0.2) is 23.4 Å². The van der Waals surface area contributed by atoms with Gasteiger partial charge < -0.3 is 25.7 Å². The van der Waals surface area contributed by atoms with Gasteiger partial charge in [-0.05, 0) is 31.2 Å². The van der Waals surface area contributed by atoms with E-state index in [1.165, 1.54) is 0 Å². The van der Waals surface area contributed by atoms with E-state index in [0.29, 0.717) is 12.1 Å². The fourth-order valence-electron chi connectivity index (χ4n) is 1.70. The lowest BCUT2D eigenvalue weighted by Crippen LogP contribution is -2.18. The van der Waals surface area contributed by atoms with Gasteiger partial charge in [-0.3, -0.25) is 0 Å². The van der Waals surface area contributed by atoms with Crippen LogP contribution < -0.4 is 15.8 Å². The predicted molar refractivity (Wildman–Crippen MR) is 73.7 cm³/mol. The quantitative estimate of drug-likeness (QED) is 0.214.